The van der Waals surface area contributed by atoms with E-state index in [0.717, 1.165) is 0 Å². The average molecular weight is 434 g/mol. The van der Waals surface area contributed by atoms with Gasteiger partial charge in [-0.15, -0.1) is 0 Å². The van der Waals surface area contributed by atoms with Crippen LogP contribution in [0.25, 0.3) is 11.3 Å². The molecule has 0 aliphatic rings. The minimum atomic E-state index is -0.610. The molecule has 0 radical (unpaired) electrons. The van der Waals surface area contributed by atoms with Gasteiger partial charge in [-0.3, -0.25) is 19.0 Å². The summed E-state index contributed by atoms with van der Waals surface area (Å²) in [7, 11) is 1.24. The van der Waals surface area contributed by atoms with Gasteiger partial charge in [0.1, 0.15) is 6.54 Å². The third-order valence-corrected chi connectivity index (χ3v) is 4.76. The lowest BCUT2D eigenvalue weighted by Crippen LogP contribution is -2.35. The minimum absolute atomic E-state index is 0.0291. The van der Waals surface area contributed by atoms with Crippen LogP contribution in [0, 0.1) is 0 Å². The largest absolute Gasteiger partial charge is 0.465 e. The molecule has 0 unspecified atom stereocenters. The van der Waals surface area contributed by atoms with Crippen molar-refractivity contribution < 1.29 is 19.1 Å². The van der Waals surface area contributed by atoms with E-state index in [1.54, 1.807) is 36.4 Å². The van der Waals surface area contributed by atoms with Crippen LogP contribution in [0.15, 0.2) is 65.6 Å². The van der Waals surface area contributed by atoms with Crippen LogP contribution < -0.4 is 16.6 Å². The van der Waals surface area contributed by atoms with Crippen LogP contribution in [0.5, 0.6) is 0 Å². The number of Topliss-reactive ketones (excluding diaryl/α,β-unsaturated/α-hetero) is 1. The van der Waals surface area contributed by atoms with E-state index in [9.17, 15) is 19.2 Å². The van der Waals surface area contributed by atoms with Gasteiger partial charge in [-0.25, -0.2) is 9.78 Å². The molecule has 32 heavy (non-hydrogen) atoms. The Balaban J connectivity index is 1.68. The molecule has 0 aliphatic heterocycles. The predicted octanol–water partition coefficient (Wildman–Crippen LogP) is 1.67. The fourth-order valence-corrected chi connectivity index (χ4v) is 3.16. The maximum atomic E-state index is 12.5. The molecule has 0 saturated carbocycles. The van der Waals surface area contributed by atoms with Crippen LogP contribution in [0.4, 0.5) is 5.82 Å². The van der Waals surface area contributed by atoms with Crippen LogP contribution >= 0.6 is 0 Å². The topological polar surface area (TPSA) is 133 Å². The number of nitrogen functional groups attached to an aromatic ring is 1. The fraction of sp³-hybridized carbons (Fsp3) is 0.174. The molecule has 0 bridgehead atoms. The van der Waals surface area contributed by atoms with Crippen molar-refractivity contribution >= 4 is 23.5 Å². The van der Waals surface area contributed by atoms with Crippen molar-refractivity contribution in [2.24, 2.45) is 0 Å². The number of rotatable bonds is 8. The van der Waals surface area contributed by atoms with Crippen LogP contribution in [0.2, 0.25) is 0 Å². The standard InChI is InChI=1S/C23H22N4O5/c1-32-23(31)17-10-6-5-9-16(17)19(28)11-12-25-20(29)14-27-18(13-26-21(24)22(27)30)15-7-3-2-4-8-15/h2-10,13H,11-12,14H2,1H3,(H2,24,26)(H,25,29). The molecule has 1 amide bonds. The summed E-state index contributed by atoms with van der Waals surface area (Å²) in [6.07, 6.45) is 1.41. The van der Waals surface area contributed by atoms with Crippen molar-refractivity contribution in [3.63, 3.8) is 0 Å². The van der Waals surface area contributed by atoms with Crippen molar-refractivity contribution in [1.29, 1.82) is 0 Å². The lowest BCUT2D eigenvalue weighted by atomic mass is 10.0. The summed E-state index contributed by atoms with van der Waals surface area (Å²) < 4.78 is 5.93. The smallest absolute Gasteiger partial charge is 0.338 e. The van der Waals surface area contributed by atoms with Crippen LogP contribution in [0.3, 0.4) is 0 Å². The summed E-state index contributed by atoms with van der Waals surface area (Å²) in [4.78, 5) is 53.2. The number of carbonyl (C=O) groups is 3. The van der Waals surface area contributed by atoms with Crippen LogP contribution in [0.1, 0.15) is 27.1 Å². The number of ketones is 1. The Kier molecular flexibility index (Phi) is 7.12. The van der Waals surface area contributed by atoms with Gasteiger partial charge in [0.2, 0.25) is 5.91 Å². The lowest BCUT2D eigenvalue weighted by Gasteiger charge is -2.13. The first-order valence-corrected chi connectivity index (χ1v) is 9.80. The van der Waals surface area contributed by atoms with Gasteiger partial charge in [0, 0.05) is 18.5 Å². The van der Waals surface area contributed by atoms with Gasteiger partial charge in [-0.2, -0.15) is 0 Å². The third-order valence-electron chi connectivity index (χ3n) is 4.76. The van der Waals surface area contributed by atoms with E-state index in [0.29, 0.717) is 11.3 Å². The molecule has 0 saturated heterocycles. The molecule has 3 rings (SSSR count). The first-order chi connectivity index (χ1) is 15.4. The molecule has 164 valence electrons. The number of amides is 1. The summed E-state index contributed by atoms with van der Waals surface area (Å²) in [5.41, 5.74) is 6.60. The Morgan fingerprint density at radius 2 is 1.69 bits per heavy atom. The van der Waals surface area contributed by atoms with E-state index >= 15 is 0 Å². The molecule has 9 nitrogen and oxygen atoms in total. The van der Waals surface area contributed by atoms with E-state index in [4.69, 9.17) is 10.5 Å². The number of esters is 1. The second-order valence-electron chi connectivity index (χ2n) is 6.85. The normalized spacial score (nSPS) is 10.4. The number of nitrogens with one attached hydrogen (secondary N) is 1. The fourth-order valence-electron chi connectivity index (χ4n) is 3.16. The number of methoxy groups -OCH3 is 1. The number of nitrogens with zero attached hydrogens (tertiary/aromatic N) is 2. The molecule has 1 aromatic heterocycles. The van der Waals surface area contributed by atoms with Gasteiger partial charge >= 0.3 is 5.97 Å². The number of hydrogen-bond acceptors (Lipinski definition) is 7. The molecular formula is C23H22N4O5. The number of nitrogens with two attached hydrogens (primary N) is 1. The van der Waals surface area contributed by atoms with Gasteiger partial charge in [-0.05, 0) is 11.6 Å². The Labute approximate surface area is 183 Å². The highest BCUT2D eigenvalue weighted by Gasteiger charge is 2.18. The maximum Gasteiger partial charge on any atom is 0.338 e. The summed E-state index contributed by atoms with van der Waals surface area (Å²) in [5.74, 6) is -1.61. The average Bonchev–Trinajstić information content (AvgIpc) is 2.82. The first-order valence-electron chi connectivity index (χ1n) is 9.80. The van der Waals surface area contributed by atoms with E-state index in [1.165, 1.54) is 30.0 Å². The highest BCUT2D eigenvalue weighted by atomic mass is 16.5. The van der Waals surface area contributed by atoms with Gasteiger partial charge in [0.05, 0.1) is 24.6 Å². The first kappa shape index (κ1) is 22.4. The Morgan fingerprint density at radius 1 is 1.03 bits per heavy atom. The molecule has 0 aliphatic carbocycles. The zero-order valence-electron chi connectivity index (χ0n) is 17.4. The maximum absolute atomic E-state index is 12.5. The second kappa shape index (κ2) is 10.2. The molecular weight excluding hydrogens is 412 g/mol. The quantitative estimate of drug-likeness (QED) is 0.407. The summed E-state index contributed by atoms with van der Waals surface area (Å²) in [5, 5.41) is 2.62. The number of hydrogen-bond donors (Lipinski definition) is 2. The molecule has 0 atom stereocenters. The Hall–Kier alpha value is -4.27. The summed E-state index contributed by atoms with van der Waals surface area (Å²) in [6.45, 7) is -0.258. The van der Waals surface area contributed by atoms with Crippen LogP contribution in [-0.4, -0.2) is 40.9 Å². The zero-order chi connectivity index (χ0) is 23.1. The van der Waals surface area contributed by atoms with Gasteiger partial charge in [0.15, 0.2) is 11.6 Å². The van der Waals surface area contributed by atoms with E-state index in [2.05, 4.69) is 10.3 Å². The van der Waals surface area contributed by atoms with Crippen molar-refractivity contribution in [3.8, 4) is 11.3 Å². The van der Waals surface area contributed by atoms with E-state index in [1.807, 2.05) is 6.07 Å². The molecule has 1 heterocycles. The zero-order valence-corrected chi connectivity index (χ0v) is 17.4. The van der Waals surface area contributed by atoms with Gasteiger partial charge in [-0.1, -0.05) is 48.5 Å². The van der Waals surface area contributed by atoms with Crippen molar-refractivity contribution in [3.05, 3.63) is 82.3 Å². The molecule has 9 heteroatoms. The Bertz CT molecular complexity index is 1200. The van der Waals surface area contributed by atoms with Crippen molar-refractivity contribution in [2.45, 2.75) is 13.0 Å². The second-order valence-corrected chi connectivity index (χ2v) is 6.85. The molecule has 3 N–H and O–H groups in total. The summed E-state index contributed by atoms with van der Waals surface area (Å²) in [6, 6.07) is 15.3. The lowest BCUT2D eigenvalue weighted by molar-refractivity contribution is -0.121. The molecule has 2 aromatic carbocycles. The highest BCUT2D eigenvalue weighted by Crippen LogP contribution is 2.17. The molecule has 0 fully saturated rings. The summed E-state index contributed by atoms with van der Waals surface area (Å²) >= 11 is 0. The number of anilines is 1. The molecule has 0 spiro atoms. The van der Waals surface area contributed by atoms with Crippen LogP contribution in [-0.2, 0) is 16.1 Å². The number of aromatic nitrogens is 2. The van der Waals surface area contributed by atoms with Crippen molar-refractivity contribution in [2.75, 3.05) is 19.4 Å². The van der Waals surface area contributed by atoms with Gasteiger partial charge in [0.25, 0.3) is 5.56 Å². The monoisotopic (exact) mass is 434 g/mol. The number of ether oxygens (including phenoxy) is 1. The van der Waals surface area contributed by atoms with E-state index in [-0.39, 0.29) is 42.2 Å². The molecule has 3 aromatic rings. The highest BCUT2D eigenvalue weighted by molar-refractivity contribution is 6.06. The third kappa shape index (κ3) is 5.07. The number of carbonyl (C=O) groups excluding carboxylic acids is 3. The minimum Gasteiger partial charge on any atom is -0.465 e. The van der Waals surface area contributed by atoms with E-state index < -0.39 is 17.4 Å². The Morgan fingerprint density at radius 3 is 2.38 bits per heavy atom. The van der Waals surface area contributed by atoms with Crippen molar-refractivity contribution in [1.82, 2.24) is 14.9 Å². The van der Waals surface area contributed by atoms with Gasteiger partial charge < -0.3 is 15.8 Å². The predicted molar refractivity (Wildman–Crippen MR) is 118 cm³/mol. The SMILES string of the molecule is COC(=O)c1ccccc1C(=O)CCNC(=O)Cn1c(-c2ccccc2)cnc(N)c1=O. The number of benzene rings is 2.